The van der Waals surface area contributed by atoms with Gasteiger partial charge in [-0.1, -0.05) is 18.7 Å². The number of hydrogen-bond donors (Lipinski definition) is 1. The first-order valence-electron chi connectivity index (χ1n) is 6.94. The molecule has 0 fully saturated rings. The summed E-state index contributed by atoms with van der Waals surface area (Å²) in [6.07, 6.45) is 2.68. The summed E-state index contributed by atoms with van der Waals surface area (Å²) in [5, 5.41) is 9.01. The molecule has 5 nitrogen and oxygen atoms in total. The topological polar surface area (TPSA) is 59.8 Å². The molecule has 2 rings (SSSR count). The number of amides is 1. The van der Waals surface area contributed by atoms with Crippen molar-refractivity contribution in [2.75, 3.05) is 5.32 Å². The molecule has 0 aliphatic carbocycles. The SMILES string of the molecule is CC[C@@H](C)n1nccc1NC(=O)[C@@H](C)Sc1nc(C)cs1. The van der Waals surface area contributed by atoms with Crippen molar-refractivity contribution in [1.29, 1.82) is 0 Å². The van der Waals surface area contributed by atoms with Crippen molar-refractivity contribution < 1.29 is 4.79 Å². The number of aromatic nitrogens is 3. The van der Waals surface area contributed by atoms with Crippen molar-refractivity contribution in [3.63, 3.8) is 0 Å². The fourth-order valence-corrected chi connectivity index (χ4v) is 3.74. The molecule has 2 aromatic rings. The molecule has 114 valence electrons. The summed E-state index contributed by atoms with van der Waals surface area (Å²) in [7, 11) is 0. The van der Waals surface area contributed by atoms with Gasteiger partial charge in [0.2, 0.25) is 5.91 Å². The Morgan fingerprint density at radius 3 is 2.90 bits per heavy atom. The van der Waals surface area contributed by atoms with Gasteiger partial charge in [-0.05, 0) is 27.2 Å². The number of hydrogen-bond acceptors (Lipinski definition) is 5. The van der Waals surface area contributed by atoms with Gasteiger partial charge in [0.15, 0.2) is 4.34 Å². The van der Waals surface area contributed by atoms with Crippen molar-refractivity contribution in [1.82, 2.24) is 14.8 Å². The second-order valence-corrected chi connectivity index (χ2v) is 7.37. The van der Waals surface area contributed by atoms with Crippen LogP contribution in [-0.2, 0) is 4.79 Å². The molecule has 0 aliphatic heterocycles. The van der Waals surface area contributed by atoms with Gasteiger partial charge < -0.3 is 5.32 Å². The molecule has 0 unspecified atom stereocenters. The molecule has 0 bridgehead atoms. The highest BCUT2D eigenvalue weighted by Gasteiger charge is 2.18. The number of carbonyl (C=O) groups excluding carboxylic acids is 1. The summed E-state index contributed by atoms with van der Waals surface area (Å²) in [4.78, 5) is 16.7. The van der Waals surface area contributed by atoms with E-state index in [9.17, 15) is 4.79 Å². The fraction of sp³-hybridized carbons (Fsp3) is 0.500. The molecular weight excluding hydrogens is 304 g/mol. The highest BCUT2D eigenvalue weighted by atomic mass is 32.2. The summed E-state index contributed by atoms with van der Waals surface area (Å²) in [5.41, 5.74) is 0.991. The zero-order valence-electron chi connectivity index (χ0n) is 12.7. The number of anilines is 1. The molecule has 2 heterocycles. The maximum absolute atomic E-state index is 12.3. The first-order valence-corrected chi connectivity index (χ1v) is 8.70. The van der Waals surface area contributed by atoms with Gasteiger partial charge in [-0.2, -0.15) is 5.10 Å². The van der Waals surface area contributed by atoms with E-state index in [4.69, 9.17) is 0 Å². The van der Waals surface area contributed by atoms with Crippen LogP contribution in [0.2, 0.25) is 0 Å². The Morgan fingerprint density at radius 1 is 1.52 bits per heavy atom. The molecule has 7 heteroatoms. The van der Waals surface area contributed by atoms with Crippen molar-refractivity contribution in [3.8, 4) is 0 Å². The first kappa shape index (κ1) is 16.0. The fourth-order valence-electron chi connectivity index (χ4n) is 1.76. The van der Waals surface area contributed by atoms with E-state index in [1.807, 2.05) is 30.0 Å². The van der Waals surface area contributed by atoms with Crippen molar-refractivity contribution in [3.05, 3.63) is 23.3 Å². The molecular formula is C14H20N4OS2. The quantitative estimate of drug-likeness (QED) is 0.822. The van der Waals surface area contributed by atoms with Crippen LogP contribution in [0.5, 0.6) is 0 Å². The molecule has 0 saturated heterocycles. The Bertz CT molecular complexity index is 608. The largest absolute Gasteiger partial charge is 0.310 e. The maximum Gasteiger partial charge on any atom is 0.238 e. The van der Waals surface area contributed by atoms with E-state index in [1.165, 1.54) is 11.8 Å². The third-order valence-electron chi connectivity index (χ3n) is 3.17. The van der Waals surface area contributed by atoms with Crippen LogP contribution in [0.25, 0.3) is 0 Å². The van der Waals surface area contributed by atoms with Gasteiger partial charge in [0.25, 0.3) is 0 Å². The van der Waals surface area contributed by atoms with Crippen LogP contribution in [0, 0.1) is 6.92 Å². The Kier molecular flexibility index (Phi) is 5.41. The van der Waals surface area contributed by atoms with E-state index in [0.717, 1.165) is 22.3 Å². The zero-order valence-corrected chi connectivity index (χ0v) is 14.3. The average Bonchev–Trinajstić information content (AvgIpc) is 3.07. The maximum atomic E-state index is 12.3. The van der Waals surface area contributed by atoms with E-state index in [-0.39, 0.29) is 17.2 Å². The minimum Gasteiger partial charge on any atom is -0.310 e. The highest BCUT2D eigenvalue weighted by molar-refractivity contribution is 8.02. The lowest BCUT2D eigenvalue weighted by Crippen LogP contribution is -2.24. The number of nitrogens with zero attached hydrogens (tertiary/aromatic N) is 3. The van der Waals surface area contributed by atoms with Gasteiger partial charge in [-0.25, -0.2) is 9.67 Å². The van der Waals surface area contributed by atoms with Gasteiger partial charge in [-0.3, -0.25) is 4.79 Å². The van der Waals surface area contributed by atoms with E-state index in [2.05, 4.69) is 29.2 Å². The number of aryl methyl sites for hydroxylation is 1. The number of thioether (sulfide) groups is 1. The van der Waals surface area contributed by atoms with E-state index >= 15 is 0 Å². The number of carbonyl (C=O) groups is 1. The van der Waals surface area contributed by atoms with Gasteiger partial charge in [0.1, 0.15) is 5.82 Å². The Balaban J connectivity index is 1.99. The summed E-state index contributed by atoms with van der Waals surface area (Å²) < 4.78 is 2.77. The number of nitrogens with one attached hydrogen (secondary N) is 1. The molecule has 1 N–H and O–H groups in total. The average molecular weight is 324 g/mol. The normalized spacial score (nSPS) is 13.9. The summed E-state index contributed by atoms with van der Waals surface area (Å²) in [5.74, 6) is 0.718. The summed E-state index contributed by atoms with van der Waals surface area (Å²) in [6.45, 7) is 8.02. The van der Waals surface area contributed by atoms with E-state index in [0.29, 0.717) is 0 Å². The number of thiazole rings is 1. The lowest BCUT2D eigenvalue weighted by atomic mass is 10.3. The van der Waals surface area contributed by atoms with E-state index < -0.39 is 0 Å². The van der Waals surface area contributed by atoms with Crippen LogP contribution in [0.1, 0.15) is 38.9 Å². The first-order chi connectivity index (χ1) is 10.0. The monoisotopic (exact) mass is 324 g/mol. The smallest absolute Gasteiger partial charge is 0.238 e. The molecule has 0 radical (unpaired) electrons. The summed E-state index contributed by atoms with van der Waals surface area (Å²) in [6, 6.07) is 2.09. The molecule has 0 spiro atoms. The van der Waals surface area contributed by atoms with Crippen LogP contribution in [0.3, 0.4) is 0 Å². The highest BCUT2D eigenvalue weighted by Crippen LogP contribution is 2.27. The van der Waals surface area contributed by atoms with Crippen LogP contribution in [0.15, 0.2) is 22.0 Å². The minimum atomic E-state index is -0.198. The second-order valence-electron chi connectivity index (χ2n) is 4.92. The molecule has 2 atom stereocenters. The summed E-state index contributed by atoms with van der Waals surface area (Å²) >= 11 is 3.05. The lowest BCUT2D eigenvalue weighted by Gasteiger charge is -2.15. The van der Waals surface area contributed by atoms with Crippen molar-refractivity contribution in [2.45, 2.75) is 49.7 Å². The minimum absolute atomic E-state index is 0.0297. The molecule has 21 heavy (non-hydrogen) atoms. The zero-order chi connectivity index (χ0) is 15.4. The van der Waals surface area contributed by atoms with Crippen molar-refractivity contribution in [2.24, 2.45) is 0 Å². The molecule has 0 aliphatic rings. The van der Waals surface area contributed by atoms with Gasteiger partial charge in [-0.15, -0.1) is 11.3 Å². The number of rotatable bonds is 6. The molecule has 0 saturated carbocycles. The predicted octanol–water partition coefficient (Wildman–Crippen LogP) is 3.74. The van der Waals surface area contributed by atoms with Gasteiger partial charge in [0.05, 0.1) is 17.5 Å². The third kappa shape index (κ3) is 4.07. The Hall–Kier alpha value is -1.34. The van der Waals surface area contributed by atoms with Crippen molar-refractivity contribution >= 4 is 34.8 Å². The second kappa shape index (κ2) is 7.09. The molecule has 1 amide bonds. The molecule has 2 aromatic heterocycles. The van der Waals surface area contributed by atoms with Gasteiger partial charge >= 0.3 is 0 Å². The van der Waals surface area contributed by atoms with E-state index in [1.54, 1.807) is 17.5 Å². The van der Waals surface area contributed by atoms with Gasteiger partial charge in [0, 0.05) is 17.1 Å². The molecule has 0 aromatic carbocycles. The Labute approximate surface area is 133 Å². The Morgan fingerprint density at radius 2 is 2.29 bits per heavy atom. The lowest BCUT2D eigenvalue weighted by molar-refractivity contribution is -0.115. The third-order valence-corrected chi connectivity index (χ3v) is 5.36. The van der Waals surface area contributed by atoms with Crippen LogP contribution >= 0.6 is 23.1 Å². The van der Waals surface area contributed by atoms with Crippen LogP contribution < -0.4 is 5.32 Å². The van der Waals surface area contributed by atoms with Crippen LogP contribution in [-0.4, -0.2) is 25.9 Å². The standard InChI is InChI=1S/C14H20N4OS2/c1-5-10(3)18-12(6-7-15-18)17-13(19)11(4)21-14-16-9(2)8-20-14/h6-8,10-11H,5H2,1-4H3,(H,17,19)/t10-,11-/m1/s1. The predicted molar refractivity (Wildman–Crippen MR) is 88.0 cm³/mol. The van der Waals surface area contributed by atoms with Crippen LogP contribution in [0.4, 0.5) is 5.82 Å².